The van der Waals surface area contributed by atoms with E-state index in [1.165, 1.54) is 7.11 Å². The van der Waals surface area contributed by atoms with Crippen LogP contribution in [0.3, 0.4) is 0 Å². The minimum absolute atomic E-state index is 0.0689. The van der Waals surface area contributed by atoms with Gasteiger partial charge in [0.2, 0.25) is 5.91 Å². The van der Waals surface area contributed by atoms with Crippen molar-refractivity contribution in [3.63, 3.8) is 0 Å². The second-order valence-corrected chi connectivity index (χ2v) is 4.98. The molecule has 6 heteroatoms. The van der Waals surface area contributed by atoms with Gasteiger partial charge in [-0.15, -0.1) is 0 Å². The number of hydrogen-bond acceptors (Lipinski definition) is 5. The first-order valence-corrected chi connectivity index (χ1v) is 6.88. The third kappa shape index (κ3) is 5.16. The number of hydrogen-bond donors (Lipinski definition) is 2. The molecule has 2 atom stereocenters. The molecule has 110 valence electrons. The predicted octanol–water partition coefficient (Wildman–Crippen LogP) is -0.404. The third-order valence-corrected chi connectivity index (χ3v) is 3.56. The third-order valence-electron chi connectivity index (χ3n) is 3.56. The van der Waals surface area contributed by atoms with Gasteiger partial charge in [-0.1, -0.05) is 20.3 Å². The van der Waals surface area contributed by atoms with E-state index in [4.69, 9.17) is 4.74 Å². The van der Waals surface area contributed by atoms with Gasteiger partial charge in [-0.2, -0.15) is 0 Å². The molecule has 2 unspecified atom stereocenters. The topological polar surface area (TPSA) is 70.7 Å². The minimum atomic E-state index is -0.551. The van der Waals surface area contributed by atoms with Gasteiger partial charge in [0.1, 0.15) is 6.04 Å². The molecule has 1 fully saturated rings. The Hall–Kier alpha value is -1.14. The quantitative estimate of drug-likeness (QED) is 0.643. The number of nitrogens with one attached hydrogen (secondary N) is 2. The van der Waals surface area contributed by atoms with E-state index in [9.17, 15) is 9.59 Å². The standard InChI is InChI=1S/C13H25N3O3/c1-4-10(2)12(13(18)19-3)15-11(17)9-16-7-5-14-6-8-16/h10,12,14H,4-9H2,1-3H3,(H,15,17). The normalized spacial score (nSPS) is 19.5. The molecule has 1 aliphatic rings. The molecule has 2 N–H and O–H groups in total. The lowest BCUT2D eigenvalue weighted by molar-refractivity contribution is -0.146. The van der Waals surface area contributed by atoms with Gasteiger partial charge in [-0.05, 0) is 5.92 Å². The first kappa shape index (κ1) is 15.9. The Morgan fingerprint density at radius 1 is 1.37 bits per heavy atom. The lowest BCUT2D eigenvalue weighted by Crippen LogP contribution is -2.52. The van der Waals surface area contributed by atoms with Crippen LogP contribution in [0.15, 0.2) is 0 Å². The van der Waals surface area contributed by atoms with E-state index < -0.39 is 6.04 Å². The van der Waals surface area contributed by atoms with Gasteiger partial charge < -0.3 is 15.4 Å². The summed E-state index contributed by atoms with van der Waals surface area (Å²) in [4.78, 5) is 25.7. The van der Waals surface area contributed by atoms with Gasteiger partial charge >= 0.3 is 5.97 Å². The molecule has 1 aliphatic heterocycles. The molecule has 0 saturated carbocycles. The highest BCUT2D eigenvalue weighted by molar-refractivity contribution is 5.85. The van der Waals surface area contributed by atoms with Crippen molar-refractivity contribution in [2.24, 2.45) is 5.92 Å². The second kappa shape index (κ2) is 8.12. The fraction of sp³-hybridized carbons (Fsp3) is 0.846. The highest BCUT2D eigenvalue weighted by atomic mass is 16.5. The van der Waals surface area contributed by atoms with Crippen LogP contribution in [-0.4, -0.2) is 62.7 Å². The monoisotopic (exact) mass is 271 g/mol. The summed E-state index contributed by atoms with van der Waals surface area (Å²) in [6, 6.07) is -0.551. The van der Waals surface area contributed by atoms with Crippen molar-refractivity contribution < 1.29 is 14.3 Å². The van der Waals surface area contributed by atoms with Gasteiger partial charge in [0.25, 0.3) is 0 Å². The molecule has 0 aromatic rings. The molecular weight excluding hydrogens is 246 g/mol. The second-order valence-electron chi connectivity index (χ2n) is 4.98. The summed E-state index contributed by atoms with van der Waals surface area (Å²) in [6.45, 7) is 7.79. The lowest BCUT2D eigenvalue weighted by atomic mass is 9.99. The summed E-state index contributed by atoms with van der Waals surface area (Å²) < 4.78 is 4.75. The molecule has 6 nitrogen and oxygen atoms in total. The summed E-state index contributed by atoms with van der Waals surface area (Å²) in [6.07, 6.45) is 0.813. The predicted molar refractivity (Wildman–Crippen MR) is 72.7 cm³/mol. The van der Waals surface area contributed by atoms with Crippen molar-refractivity contribution >= 4 is 11.9 Å². The van der Waals surface area contributed by atoms with Crippen molar-refractivity contribution in [3.05, 3.63) is 0 Å². The van der Waals surface area contributed by atoms with Crippen molar-refractivity contribution in [2.75, 3.05) is 39.8 Å². The molecule has 19 heavy (non-hydrogen) atoms. The van der Waals surface area contributed by atoms with Gasteiger partial charge in [-0.3, -0.25) is 9.69 Å². The fourth-order valence-corrected chi connectivity index (χ4v) is 2.09. The minimum Gasteiger partial charge on any atom is -0.467 e. The molecule has 1 amide bonds. The molecular formula is C13H25N3O3. The van der Waals surface area contributed by atoms with Crippen LogP contribution in [-0.2, 0) is 14.3 Å². The van der Waals surface area contributed by atoms with E-state index in [1.54, 1.807) is 0 Å². The zero-order valence-corrected chi connectivity index (χ0v) is 12.1. The summed E-state index contributed by atoms with van der Waals surface area (Å²) in [5.74, 6) is -0.417. The number of esters is 1. The molecule has 1 saturated heterocycles. The Labute approximate surface area is 114 Å². The number of carbonyl (C=O) groups is 2. The highest BCUT2D eigenvalue weighted by Gasteiger charge is 2.27. The number of amides is 1. The Balaban J connectivity index is 2.48. The van der Waals surface area contributed by atoms with Crippen LogP contribution >= 0.6 is 0 Å². The van der Waals surface area contributed by atoms with Gasteiger partial charge in [0.05, 0.1) is 13.7 Å². The Morgan fingerprint density at radius 2 is 2.00 bits per heavy atom. The van der Waals surface area contributed by atoms with Gasteiger partial charge in [-0.25, -0.2) is 4.79 Å². The molecule has 0 spiro atoms. The summed E-state index contributed by atoms with van der Waals surface area (Å²) in [5.41, 5.74) is 0. The maximum atomic E-state index is 12.0. The van der Waals surface area contributed by atoms with Gasteiger partial charge in [0.15, 0.2) is 0 Å². The number of nitrogens with zero attached hydrogens (tertiary/aromatic N) is 1. The van der Waals surface area contributed by atoms with Crippen LogP contribution < -0.4 is 10.6 Å². The average molecular weight is 271 g/mol. The van der Waals surface area contributed by atoms with Crippen molar-refractivity contribution in [2.45, 2.75) is 26.3 Å². The van der Waals surface area contributed by atoms with E-state index in [-0.39, 0.29) is 17.8 Å². The first-order chi connectivity index (χ1) is 9.08. The molecule has 0 aromatic carbocycles. The average Bonchev–Trinajstić information content (AvgIpc) is 2.44. The summed E-state index contributed by atoms with van der Waals surface area (Å²) in [7, 11) is 1.35. The zero-order valence-electron chi connectivity index (χ0n) is 12.1. The molecule has 1 rings (SSSR count). The molecule has 0 bridgehead atoms. The number of piperazine rings is 1. The van der Waals surface area contributed by atoms with Crippen molar-refractivity contribution in [1.82, 2.24) is 15.5 Å². The van der Waals surface area contributed by atoms with Crippen LogP contribution in [0.25, 0.3) is 0 Å². The number of ether oxygens (including phenoxy) is 1. The van der Waals surface area contributed by atoms with Crippen LogP contribution in [0.5, 0.6) is 0 Å². The van der Waals surface area contributed by atoms with Crippen LogP contribution in [0.2, 0.25) is 0 Å². The van der Waals surface area contributed by atoms with Crippen LogP contribution in [0.4, 0.5) is 0 Å². The Bertz CT molecular complexity index is 304. The van der Waals surface area contributed by atoms with Crippen molar-refractivity contribution in [3.8, 4) is 0 Å². The highest BCUT2D eigenvalue weighted by Crippen LogP contribution is 2.09. The maximum Gasteiger partial charge on any atom is 0.328 e. The molecule has 1 heterocycles. The fourth-order valence-electron chi connectivity index (χ4n) is 2.09. The summed E-state index contributed by atoms with van der Waals surface area (Å²) >= 11 is 0. The Kier molecular flexibility index (Phi) is 6.80. The molecule has 0 radical (unpaired) electrons. The number of carbonyl (C=O) groups excluding carboxylic acids is 2. The van der Waals surface area contributed by atoms with Crippen LogP contribution in [0, 0.1) is 5.92 Å². The maximum absolute atomic E-state index is 12.0. The number of rotatable bonds is 6. The Morgan fingerprint density at radius 3 is 2.53 bits per heavy atom. The smallest absolute Gasteiger partial charge is 0.328 e. The van der Waals surface area contributed by atoms with E-state index >= 15 is 0 Å². The van der Waals surface area contributed by atoms with Gasteiger partial charge in [0, 0.05) is 26.2 Å². The largest absolute Gasteiger partial charge is 0.467 e. The summed E-state index contributed by atoms with van der Waals surface area (Å²) in [5, 5.41) is 6.03. The SMILES string of the molecule is CCC(C)C(NC(=O)CN1CCNCC1)C(=O)OC. The number of methoxy groups -OCH3 is 1. The van der Waals surface area contributed by atoms with Crippen LogP contribution in [0.1, 0.15) is 20.3 Å². The molecule has 0 aromatic heterocycles. The van der Waals surface area contributed by atoms with E-state index in [1.807, 2.05) is 13.8 Å². The first-order valence-electron chi connectivity index (χ1n) is 6.88. The zero-order chi connectivity index (χ0) is 14.3. The van der Waals surface area contributed by atoms with E-state index in [2.05, 4.69) is 15.5 Å². The van der Waals surface area contributed by atoms with E-state index in [0.29, 0.717) is 6.54 Å². The van der Waals surface area contributed by atoms with E-state index in [0.717, 1.165) is 32.6 Å². The van der Waals surface area contributed by atoms with Crippen molar-refractivity contribution in [1.29, 1.82) is 0 Å². The lowest BCUT2D eigenvalue weighted by Gasteiger charge is -2.28. The molecule has 0 aliphatic carbocycles.